The van der Waals surface area contributed by atoms with Crippen molar-refractivity contribution < 1.29 is 12.8 Å². The third-order valence-corrected chi connectivity index (χ3v) is 5.45. The van der Waals surface area contributed by atoms with Crippen molar-refractivity contribution >= 4 is 31.3 Å². The molecule has 1 aromatic carbocycles. The predicted molar refractivity (Wildman–Crippen MR) is 85.7 cm³/mol. The van der Waals surface area contributed by atoms with Gasteiger partial charge in [-0.2, -0.15) is 0 Å². The lowest BCUT2D eigenvalue weighted by atomic mass is 10.1. The van der Waals surface area contributed by atoms with Crippen molar-refractivity contribution in [2.75, 3.05) is 25.6 Å². The van der Waals surface area contributed by atoms with Gasteiger partial charge in [0, 0.05) is 40.9 Å². The first kappa shape index (κ1) is 16.4. The van der Waals surface area contributed by atoms with Gasteiger partial charge in [-0.1, -0.05) is 6.07 Å². The van der Waals surface area contributed by atoms with E-state index in [1.54, 1.807) is 6.07 Å². The molecule has 2 aromatic rings. The van der Waals surface area contributed by atoms with Crippen LogP contribution in [0, 0.1) is 5.82 Å². The molecule has 0 fully saturated rings. The minimum atomic E-state index is -3.00. The van der Waals surface area contributed by atoms with Crippen LogP contribution in [0.1, 0.15) is 10.4 Å². The summed E-state index contributed by atoms with van der Waals surface area (Å²) in [5.41, 5.74) is 6.62. The van der Waals surface area contributed by atoms with E-state index in [0.29, 0.717) is 25.0 Å². The topological polar surface area (TPSA) is 63.4 Å². The first-order valence-electron chi connectivity index (χ1n) is 6.57. The highest BCUT2D eigenvalue weighted by molar-refractivity contribution is 7.90. The van der Waals surface area contributed by atoms with Crippen LogP contribution in [0.5, 0.6) is 0 Å². The summed E-state index contributed by atoms with van der Waals surface area (Å²) in [5, 5.41) is 0.606. The number of sulfone groups is 1. The third-order valence-electron chi connectivity index (χ3n) is 3.30. The second-order valence-electron chi connectivity index (χ2n) is 5.19. The molecule has 2 rings (SSSR count). The molecule has 7 heteroatoms. The first-order valence-corrected chi connectivity index (χ1v) is 9.44. The van der Waals surface area contributed by atoms with Crippen molar-refractivity contribution in [1.82, 2.24) is 4.90 Å². The predicted octanol–water partition coefficient (Wildman–Crippen LogP) is 1.98. The zero-order valence-corrected chi connectivity index (χ0v) is 13.7. The Balaban J connectivity index is 2.28. The number of hydrogen-bond acceptors (Lipinski definition) is 5. The average Bonchev–Trinajstić information content (AvgIpc) is 2.75. The number of benzene rings is 1. The molecule has 0 aliphatic rings. The van der Waals surface area contributed by atoms with Crippen LogP contribution in [0.3, 0.4) is 0 Å². The molecule has 2 N–H and O–H groups in total. The summed E-state index contributed by atoms with van der Waals surface area (Å²) in [5.74, 6) is -0.165. The van der Waals surface area contributed by atoms with E-state index in [4.69, 9.17) is 5.73 Å². The SMILES string of the molecule is CN(CCS(C)(=O)=O)Cc1c(CN)sc2cccc(F)c12. The number of hydrogen-bond donors (Lipinski definition) is 1. The summed E-state index contributed by atoms with van der Waals surface area (Å²) < 4.78 is 37.4. The second-order valence-corrected chi connectivity index (χ2v) is 8.59. The van der Waals surface area contributed by atoms with Crippen LogP contribution in [0.2, 0.25) is 0 Å². The molecule has 0 radical (unpaired) electrons. The van der Waals surface area contributed by atoms with Gasteiger partial charge in [-0.3, -0.25) is 0 Å². The second kappa shape index (κ2) is 6.39. The Bertz CT molecular complexity index is 741. The van der Waals surface area contributed by atoms with E-state index in [0.717, 1.165) is 15.1 Å². The highest BCUT2D eigenvalue weighted by Gasteiger charge is 2.16. The molecular formula is C14H19FN2O2S2. The van der Waals surface area contributed by atoms with Gasteiger partial charge < -0.3 is 10.6 Å². The van der Waals surface area contributed by atoms with Gasteiger partial charge in [0.05, 0.1) is 5.75 Å². The Kier molecular flexibility index (Phi) is 4.98. The molecule has 4 nitrogen and oxygen atoms in total. The summed E-state index contributed by atoms with van der Waals surface area (Å²) in [6.45, 7) is 1.26. The van der Waals surface area contributed by atoms with Gasteiger partial charge in [0.15, 0.2) is 0 Å². The van der Waals surface area contributed by atoms with Crippen LogP contribution in [0.4, 0.5) is 4.39 Å². The van der Waals surface area contributed by atoms with Crippen molar-refractivity contribution in [2.24, 2.45) is 5.73 Å². The highest BCUT2D eigenvalue weighted by atomic mass is 32.2. The van der Waals surface area contributed by atoms with E-state index in [2.05, 4.69) is 0 Å². The Morgan fingerprint density at radius 3 is 2.71 bits per heavy atom. The molecule has 0 saturated carbocycles. The maximum Gasteiger partial charge on any atom is 0.148 e. The third kappa shape index (κ3) is 4.00. The summed E-state index contributed by atoms with van der Waals surface area (Å²) in [4.78, 5) is 2.83. The van der Waals surface area contributed by atoms with Crippen molar-refractivity contribution in [3.63, 3.8) is 0 Å². The average molecular weight is 330 g/mol. The Hall–Kier alpha value is -1.02. The first-order chi connectivity index (χ1) is 9.81. The van der Waals surface area contributed by atoms with Crippen molar-refractivity contribution in [2.45, 2.75) is 13.1 Å². The molecule has 0 aliphatic carbocycles. The van der Waals surface area contributed by atoms with E-state index in [1.807, 2.05) is 18.0 Å². The van der Waals surface area contributed by atoms with Crippen LogP contribution < -0.4 is 5.73 Å². The molecule has 0 bridgehead atoms. The van der Waals surface area contributed by atoms with Crippen molar-refractivity contribution in [3.05, 3.63) is 34.5 Å². The summed E-state index contributed by atoms with van der Waals surface area (Å²) in [6, 6.07) is 5.00. The normalized spacial score (nSPS) is 12.4. The molecule has 0 aliphatic heterocycles. The molecule has 0 amide bonds. The molecule has 0 unspecified atom stereocenters. The fraction of sp³-hybridized carbons (Fsp3) is 0.429. The van der Waals surface area contributed by atoms with Gasteiger partial charge in [-0.25, -0.2) is 12.8 Å². The number of rotatable bonds is 6. The zero-order valence-electron chi connectivity index (χ0n) is 12.1. The number of nitrogens with zero attached hydrogens (tertiary/aromatic N) is 1. The zero-order chi connectivity index (χ0) is 15.6. The van der Waals surface area contributed by atoms with E-state index in [1.165, 1.54) is 23.7 Å². The van der Waals surface area contributed by atoms with Gasteiger partial charge in [-0.05, 0) is 24.7 Å². The maximum absolute atomic E-state index is 14.1. The Labute approximate surface area is 128 Å². The summed E-state index contributed by atoms with van der Waals surface area (Å²) in [6.07, 6.45) is 1.21. The van der Waals surface area contributed by atoms with E-state index in [9.17, 15) is 12.8 Å². The molecule has 1 heterocycles. The number of halogens is 1. The molecule has 21 heavy (non-hydrogen) atoms. The fourth-order valence-corrected chi connectivity index (χ4v) is 3.97. The lowest BCUT2D eigenvalue weighted by Gasteiger charge is -2.16. The molecule has 0 atom stereocenters. The van der Waals surface area contributed by atoms with Gasteiger partial charge in [0.1, 0.15) is 15.7 Å². The Morgan fingerprint density at radius 1 is 1.38 bits per heavy atom. The van der Waals surface area contributed by atoms with Crippen LogP contribution >= 0.6 is 11.3 Å². The molecule has 116 valence electrons. The monoisotopic (exact) mass is 330 g/mol. The minimum Gasteiger partial charge on any atom is -0.326 e. The van der Waals surface area contributed by atoms with Crippen LogP contribution in [-0.4, -0.2) is 38.9 Å². The molecule has 0 spiro atoms. The summed E-state index contributed by atoms with van der Waals surface area (Å²) >= 11 is 1.49. The lowest BCUT2D eigenvalue weighted by Crippen LogP contribution is -2.25. The highest BCUT2D eigenvalue weighted by Crippen LogP contribution is 2.33. The van der Waals surface area contributed by atoms with Gasteiger partial charge >= 0.3 is 0 Å². The van der Waals surface area contributed by atoms with Crippen molar-refractivity contribution in [1.29, 1.82) is 0 Å². The Morgan fingerprint density at radius 2 is 2.10 bits per heavy atom. The van der Waals surface area contributed by atoms with E-state index >= 15 is 0 Å². The fourth-order valence-electron chi connectivity index (χ4n) is 2.22. The molecular weight excluding hydrogens is 311 g/mol. The number of nitrogens with two attached hydrogens (primary N) is 1. The van der Waals surface area contributed by atoms with Gasteiger partial charge in [-0.15, -0.1) is 11.3 Å². The molecule has 0 saturated heterocycles. The van der Waals surface area contributed by atoms with Crippen molar-refractivity contribution in [3.8, 4) is 0 Å². The number of thiophene rings is 1. The largest absolute Gasteiger partial charge is 0.326 e. The van der Waals surface area contributed by atoms with Crippen LogP contribution in [-0.2, 0) is 22.9 Å². The van der Waals surface area contributed by atoms with Gasteiger partial charge in [0.2, 0.25) is 0 Å². The lowest BCUT2D eigenvalue weighted by molar-refractivity contribution is 0.346. The molecule has 1 aromatic heterocycles. The van der Waals surface area contributed by atoms with Crippen LogP contribution in [0.15, 0.2) is 18.2 Å². The smallest absolute Gasteiger partial charge is 0.148 e. The quantitative estimate of drug-likeness (QED) is 0.880. The number of fused-ring (bicyclic) bond motifs is 1. The van der Waals surface area contributed by atoms with E-state index < -0.39 is 9.84 Å². The minimum absolute atomic E-state index is 0.0893. The van der Waals surface area contributed by atoms with Gasteiger partial charge in [0.25, 0.3) is 0 Å². The maximum atomic E-state index is 14.1. The van der Waals surface area contributed by atoms with Crippen LogP contribution in [0.25, 0.3) is 10.1 Å². The van der Waals surface area contributed by atoms with E-state index in [-0.39, 0.29) is 11.6 Å². The summed E-state index contributed by atoms with van der Waals surface area (Å²) in [7, 11) is -1.17. The standard InChI is InChI=1S/C14H19FN2O2S2/c1-17(6-7-21(2,18)19)9-10-13(8-16)20-12-5-3-4-11(15)14(10)12/h3-5H,6-9,16H2,1-2H3.